The van der Waals surface area contributed by atoms with Crippen LogP contribution < -0.4 is 5.32 Å². The molecule has 0 saturated carbocycles. The zero-order valence-electron chi connectivity index (χ0n) is 13.6. The number of unbranched alkanes of at least 4 members (excludes halogenated alkanes) is 1. The van der Waals surface area contributed by atoms with Crippen molar-refractivity contribution in [3.63, 3.8) is 0 Å². The zero-order valence-corrected chi connectivity index (χ0v) is 13.6. The summed E-state index contributed by atoms with van der Waals surface area (Å²) in [6.45, 7) is 6.86. The Bertz CT molecular complexity index is 329. The molecule has 0 aliphatic carbocycles. The molecule has 2 aliphatic heterocycles. The first kappa shape index (κ1) is 16.7. The fourth-order valence-corrected chi connectivity index (χ4v) is 3.42. The molecule has 2 atom stereocenters. The van der Waals surface area contributed by atoms with Crippen molar-refractivity contribution in [2.24, 2.45) is 5.92 Å². The minimum absolute atomic E-state index is 0.163. The molecule has 2 aliphatic rings. The van der Waals surface area contributed by atoms with E-state index in [0.29, 0.717) is 13.0 Å². The Morgan fingerprint density at radius 1 is 1.38 bits per heavy atom. The maximum absolute atomic E-state index is 12.4. The Labute approximate surface area is 128 Å². The first-order valence-electron chi connectivity index (χ1n) is 8.49. The van der Waals surface area contributed by atoms with Gasteiger partial charge in [-0.15, -0.1) is 0 Å². The van der Waals surface area contributed by atoms with Crippen LogP contribution in [0.15, 0.2) is 0 Å². The third-order valence-electron chi connectivity index (χ3n) is 4.80. The van der Waals surface area contributed by atoms with Gasteiger partial charge in [0.2, 0.25) is 5.91 Å². The van der Waals surface area contributed by atoms with Gasteiger partial charge in [-0.3, -0.25) is 4.79 Å². The van der Waals surface area contributed by atoms with Crippen molar-refractivity contribution < 1.29 is 9.90 Å². The average molecular weight is 297 g/mol. The summed E-state index contributed by atoms with van der Waals surface area (Å²) < 4.78 is 0. The quantitative estimate of drug-likeness (QED) is 0.757. The van der Waals surface area contributed by atoms with Gasteiger partial charge in [0.1, 0.15) is 0 Å². The zero-order chi connectivity index (χ0) is 15.2. The number of β-amino-alcohol motifs (C(OH)–C–C–N with tert-alkyl or cyclic N) is 1. The van der Waals surface area contributed by atoms with Crippen molar-refractivity contribution in [3.8, 4) is 0 Å². The van der Waals surface area contributed by atoms with Crippen LogP contribution in [0.1, 0.15) is 39.0 Å². The topological polar surface area (TPSA) is 55.8 Å². The van der Waals surface area contributed by atoms with E-state index in [-0.39, 0.29) is 18.1 Å². The summed E-state index contributed by atoms with van der Waals surface area (Å²) in [7, 11) is 2.21. The lowest BCUT2D eigenvalue weighted by Crippen LogP contribution is -2.48. The maximum atomic E-state index is 12.4. The van der Waals surface area contributed by atoms with E-state index >= 15 is 0 Å². The lowest BCUT2D eigenvalue weighted by molar-refractivity contribution is -0.134. The number of likely N-dealkylation sites (tertiary alicyclic amines) is 1. The maximum Gasteiger partial charge on any atom is 0.239 e. The molecule has 0 bridgehead atoms. The van der Waals surface area contributed by atoms with Crippen LogP contribution in [-0.2, 0) is 4.79 Å². The molecule has 0 spiro atoms. The normalized spacial score (nSPS) is 27.5. The van der Waals surface area contributed by atoms with Crippen LogP contribution >= 0.6 is 0 Å². The number of nitrogens with zero attached hydrogens (tertiary/aromatic N) is 2. The number of hydrogen-bond donors (Lipinski definition) is 2. The number of rotatable bonds is 6. The molecule has 0 aromatic carbocycles. The number of aliphatic hydroxyl groups excluding tert-OH is 1. The van der Waals surface area contributed by atoms with E-state index in [1.807, 2.05) is 4.90 Å². The fraction of sp³-hybridized carbons (Fsp3) is 0.938. The molecular weight excluding hydrogens is 266 g/mol. The number of carbonyl (C=O) groups is 1. The predicted molar refractivity (Wildman–Crippen MR) is 84.1 cm³/mol. The minimum Gasteiger partial charge on any atom is -0.392 e. The lowest BCUT2D eigenvalue weighted by Gasteiger charge is -2.35. The van der Waals surface area contributed by atoms with Crippen LogP contribution in [0.5, 0.6) is 0 Å². The van der Waals surface area contributed by atoms with Crippen LogP contribution in [0.3, 0.4) is 0 Å². The molecule has 2 N–H and O–H groups in total. The molecule has 0 radical (unpaired) electrons. The third kappa shape index (κ3) is 4.94. The Morgan fingerprint density at radius 3 is 2.67 bits per heavy atom. The molecule has 0 aromatic heterocycles. The van der Waals surface area contributed by atoms with Crippen molar-refractivity contribution >= 4 is 5.91 Å². The molecule has 122 valence electrons. The highest BCUT2D eigenvalue weighted by Crippen LogP contribution is 2.20. The first-order valence-corrected chi connectivity index (χ1v) is 8.49. The van der Waals surface area contributed by atoms with E-state index in [1.54, 1.807) is 0 Å². The van der Waals surface area contributed by atoms with Gasteiger partial charge in [-0.05, 0) is 45.2 Å². The highest BCUT2D eigenvalue weighted by Gasteiger charge is 2.33. The van der Waals surface area contributed by atoms with Gasteiger partial charge in [-0.2, -0.15) is 0 Å². The van der Waals surface area contributed by atoms with E-state index in [2.05, 4.69) is 24.2 Å². The number of aliphatic hydroxyl groups is 1. The summed E-state index contributed by atoms with van der Waals surface area (Å²) in [5, 5.41) is 12.6. The molecule has 21 heavy (non-hydrogen) atoms. The molecule has 0 aromatic rings. The van der Waals surface area contributed by atoms with Gasteiger partial charge in [0.05, 0.1) is 12.1 Å². The molecule has 2 fully saturated rings. The van der Waals surface area contributed by atoms with Gasteiger partial charge < -0.3 is 20.2 Å². The van der Waals surface area contributed by atoms with Gasteiger partial charge in [-0.25, -0.2) is 0 Å². The van der Waals surface area contributed by atoms with E-state index in [9.17, 15) is 9.90 Å². The van der Waals surface area contributed by atoms with Crippen LogP contribution in [0.25, 0.3) is 0 Å². The smallest absolute Gasteiger partial charge is 0.239 e. The summed E-state index contributed by atoms with van der Waals surface area (Å²) in [4.78, 5) is 16.8. The fourth-order valence-electron chi connectivity index (χ4n) is 3.42. The Kier molecular flexibility index (Phi) is 6.45. The lowest BCUT2D eigenvalue weighted by atomic mass is 9.95. The highest BCUT2D eigenvalue weighted by atomic mass is 16.3. The molecule has 2 saturated heterocycles. The second-order valence-electron chi connectivity index (χ2n) is 6.73. The van der Waals surface area contributed by atoms with E-state index < -0.39 is 0 Å². The molecule has 5 heteroatoms. The average Bonchev–Trinajstić information content (AvgIpc) is 2.92. The standard InChI is InChI=1S/C16H31N3O2/c1-3-4-7-18(2)12-13-5-8-19(9-6-13)16(21)15-10-14(20)11-17-15/h13-15,17,20H,3-12H2,1-2H3. The van der Waals surface area contributed by atoms with Crippen LogP contribution in [0, 0.1) is 5.92 Å². The predicted octanol–water partition coefficient (Wildman–Crippen LogP) is 0.680. The van der Waals surface area contributed by atoms with Gasteiger partial charge >= 0.3 is 0 Å². The van der Waals surface area contributed by atoms with Crippen LogP contribution in [0.2, 0.25) is 0 Å². The van der Waals surface area contributed by atoms with Crippen molar-refractivity contribution in [2.75, 3.05) is 39.8 Å². The van der Waals surface area contributed by atoms with Crippen LogP contribution in [0.4, 0.5) is 0 Å². The Hall–Kier alpha value is -0.650. The van der Waals surface area contributed by atoms with Crippen molar-refractivity contribution in [3.05, 3.63) is 0 Å². The number of amides is 1. The summed E-state index contributed by atoms with van der Waals surface area (Å²) in [6.07, 6.45) is 4.94. The SMILES string of the molecule is CCCCN(C)CC1CCN(C(=O)C2CC(O)CN2)CC1. The summed E-state index contributed by atoms with van der Waals surface area (Å²) in [5.74, 6) is 0.905. The number of hydrogen-bond acceptors (Lipinski definition) is 4. The monoisotopic (exact) mass is 297 g/mol. The third-order valence-corrected chi connectivity index (χ3v) is 4.80. The number of carbonyl (C=O) groups excluding carboxylic acids is 1. The summed E-state index contributed by atoms with van der Waals surface area (Å²) in [6, 6.07) is -0.163. The molecular formula is C16H31N3O2. The van der Waals surface area contributed by atoms with Gasteiger partial charge in [0, 0.05) is 26.2 Å². The Balaban J connectivity index is 1.69. The molecule has 2 rings (SSSR count). The highest BCUT2D eigenvalue weighted by molar-refractivity contribution is 5.82. The van der Waals surface area contributed by atoms with Crippen molar-refractivity contribution in [1.29, 1.82) is 0 Å². The summed E-state index contributed by atoms with van der Waals surface area (Å²) >= 11 is 0. The van der Waals surface area contributed by atoms with Gasteiger partial charge in [0.25, 0.3) is 0 Å². The van der Waals surface area contributed by atoms with E-state index in [1.165, 1.54) is 19.4 Å². The second-order valence-corrected chi connectivity index (χ2v) is 6.73. The van der Waals surface area contributed by atoms with E-state index in [0.717, 1.165) is 38.4 Å². The first-order chi connectivity index (χ1) is 10.1. The Morgan fingerprint density at radius 2 is 2.10 bits per heavy atom. The van der Waals surface area contributed by atoms with Gasteiger partial charge in [-0.1, -0.05) is 13.3 Å². The second kappa shape index (κ2) is 8.11. The molecule has 2 unspecified atom stereocenters. The van der Waals surface area contributed by atoms with Crippen molar-refractivity contribution in [2.45, 2.75) is 51.2 Å². The number of nitrogens with one attached hydrogen (secondary N) is 1. The van der Waals surface area contributed by atoms with Crippen molar-refractivity contribution in [1.82, 2.24) is 15.1 Å². The molecule has 5 nitrogen and oxygen atoms in total. The van der Waals surface area contributed by atoms with Crippen LogP contribution in [-0.4, -0.2) is 72.7 Å². The molecule has 1 amide bonds. The van der Waals surface area contributed by atoms with E-state index in [4.69, 9.17) is 0 Å². The minimum atomic E-state index is -0.358. The van der Waals surface area contributed by atoms with Gasteiger partial charge in [0.15, 0.2) is 0 Å². The number of piperidine rings is 1. The largest absolute Gasteiger partial charge is 0.392 e. The summed E-state index contributed by atoms with van der Waals surface area (Å²) in [5.41, 5.74) is 0. The molecule has 2 heterocycles.